The molecule has 0 spiro atoms. The van der Waals surface area contributed by atoms with Crippen molar-refractivity contribution < 1.29 is 42.1 Å². The van der Waals surface area contributed by atoms with Crippen LogP contribution >= 0.6 is 7.82 Å². The van der Waals surface area contributed by atoms with Gasteiger partial charge in [0.1, 0.15) is 19.8 Å². The van der Waals surface area contributed by atoms with Crippen LogP contribution in [0.1, 0.15) is 348 Å². The third-order valence-corrected chi connectivity index (χ3v) is 16.9. The summed E-state index contributed by atoms with van der Waals surface area (Å²) >= 11 is 0. The molecule has 0 fully saturated rings. The quantitative estimate of drug-likeness (QED) is 0.0211. The topological polar surface area (TPSA) is 108 Å². The molecule has 10 heteroatoms. The maximum absolute atomic E-state index is 12.9. The van der Waals surface area contributed by atoms with Crippen molar-refractivity contribution in [3.05, 3.63) is 48.6 Å². The minimum atomic E-state index is -4.39. The van der Waals surface area contributed by atoms with E-state index in [1.165, 1.54) is 257 Å². The lowest BCUT2D eigenvalue weighted by atomic mass is 10.0. The highest BCUT2D eigenvalue weighted by molar-refractivity contribution is 7.47. The zero-order chi connectivity index (χ0) is 59.8. The molecular weight excluding hydrogens is 1040 g/mol. The monoisotopic (exact) mass is 1180 g/mol. The van der Waals surface area contributed by atoms with E-state index in [0.717, 1.165) is 57.8 Å². The summed E-state index contributed by atoms with van der Waals surface area (Å²) < 4.78 is 34.7. The second-order valence-electron chi connectivity index (χ2n) is 25.3. The summed E-state index contributed by atoms with van der Waals surface area (Å²) in [4.78, 5) is 35.9. The Kier molecular flexibility index (Phi) is 61.9. The molecule has 0 aliphatic carbocycles. The molecule has 0 amide bonds. The van der Waals surface area contributed by atoms with Gasteiger partial charge < -0.3 is 18.9 Å². The molecule has 1 N–H and O–H groups in total. The van der Waals surface area contributed by atoms with E-state index >= 15 is 0 Å². The van der Waals surface area contributed by atoms with Crippen LogP contribution in [0.3, 0.4) is 0 Å². The number of esters is 2. The van der Waals surface area contributed by atoms with Crippen LogP contribution in [0.4, 0.5) is 0 Å². The van der Waals surface area contributed by atoms with Crippen LogP contribution in [0.2, 0.25) is 0 Å². The molecule has 2 atom stereocenters. The smallest absolute Gasteiger partial charge is 0.462 e. The van der Waals surface area contributed by atoms with Crippen LogP contribution in [0, 0.1) is 0 Å². The maximum atomic E-state index is 12.9. The van der Waals surface area contributed by atoms with Gasteiger partial charge >= 0.3 is 19.8 Å². The number of nitrogens with zero attached hydrogens (tertiary/aromatic N) is 1. The van der Waals surface area contributed by atoms with E-state index in [9.17, 15) is 19.0 Å². The largest absolute Gasteiger partial charge is 0.472 e. The van der Waals surface area contributed by atoms with E-state index in [1.54, 1.807) is 0 Å². The molecule has 0 aromatic rings. The number of unbranched alkanes of at least 4 members (excludes halogenated alkanes) is 44. The van der Waals surface area contributed by atoms with Gasteiger partial charge in [0, 0.05) is 12.8 Å². The Morgan fingerprint density at radius 3 is 1.04 bits per heavy atom. The summed E-state index contributed by atoms with van der Waals surface area (Å²) in [5, 5.41) is 0. The number of ether oxygens (including phenoxy) is 2. The first-order valence-electron chi connectivity index (χ1n) is 35.4. The van der Waals surface area contributed by atoms with Crippen molar-refractivity contribution in [3.8, 4) is 0 Å². The number of carbonyl (C=O) groups excluding carboxylic acids is 2. The molecule has 82 heavy (non-hydrogen) atoms. The minimum absolute atomic E-state index is 0.0331. The Hall–Kier alpha value is -2.03. The Morgan fingerprint density at radius 1 is 0.390 bits per heavy atom. The standard InChI is InChI=1S/C72H136NO8P/c1-6-8-10-12-14-16-18-20-22-24-26-28-30-32-34-35-36-37-39-40-42-44-46-48-50-52-54-56-58-60-62-64-71(74)78-68-70(69-80-82(76,77)79-67-66-73(3,4)5)81-72(75)65-63-61-59-57-55-53-51-49-47-45-43-41-38-33-31-29-27-25-23-21-19-17-15-13-11-9-7-2/h9,11,15,17,21,23,27,29,70H,6-8,10,12-14,16,18-20,22,24-26,28,30-69H2,1-5H3/p+1/b11-9-,17-15-,23-21-,29-27-. The molecule has 0 aliphatic rings. The van der Waals surface area contributed by atoms with Crippen molar-refractivity contribution in [3.63, 3.8) is 0 Å². The number of carbonyl (C=O) groups is 2. The van der Waals surface area contributed by atoms with Gasteiger partial charge in [-0.2, -0.15) is 0 Å². The number of allylic oxidation sites excluding steroid dienone is 8. The highest BCUT2D eigenvalue weighted by Gasteiger charge is 2.27. The fourth-order valence-corrected chi connectivity index (χ4v) is 11.2. The average molecular weight is 1180 g/mol. The van der Waals surface area contributed by atoms with Crippen LogP contribution < -0.4 is 0 Å². The van der Waals surface area contributed by atoms with Gasteiger partial charge in [-0.3, -0.25) is 18.6 Å². The predicted molar refractivity (Wildman–Crippen MR) is 353 cm³/mol. The lowest BCUT2D eigenvalue weighted by Gasteiger charge is -2.24. The Bertz CT molecular complexity index is 1520. The number of hydrogen-bond donors (Lipinski definition) is 1. The molecule has 0 aromatic heterocycles. The van der Waals surface area contributed by atoms with Gasteiger partial charge in [0.25, 0.3) is 0 Å². The van der Waals surface area contributed by atoms with Crippen LogP contribution in [0.25, 0.3) is 0 Å². The van der Waals surface area contributed by atoms with E-state index in [-0.39, 0.29) is 25.6 Å². The van der Waals surface area contributed by atoms with Crippen LogP contribution in [0.5, 0.6) is 0 Å². The summed E-state index contributed by atoms with van der Waals surface area (Å²) in [5.74, 6) is -0.780. The molecule has 9 nitrogen and oxygen atoms in total. The second kappa shape index (κ2) is 63.5. The molecule has 0 aromatic carbocycles. The van der Waals surface area contributed by atoms with Crippen molar-refractivity contribution in [2.45, 2.75) is 354 Å². The number of phosphoric ester groups is 1. The summed E-state index contributed by atoms with van der Waals surface area (Å²) in [6, 6.07) is 0. The molecule has 0 saturated carbocycles. The van der Waals surface area contributed by atoms with Crippen molar-refractivity contribution >= 4 is 19.8 Å². The molecule has 0 saturated heterocycles. The Balaban J connectivity index is 3.99. The van der Waals surface area contributed by atoms with E-state index in [2.05, 4.69) is 62.5 Å². The highest BCUT2D eigenvalue weighted by Crippen LogP contribution is 2.43. The van der Waals surface area contributed by atoms with E-state index in [1.807, 2.05) is 21.1 Å². The fraction of sp³-hybridized carbons (Fsp3) is 0.861. The summed E-state index contributed by atoms with van der Waals surface area (Å²) in [7, 11) is 1.49. The highest BCUT2D eigenvalue weighted by atomic mass is 31.2. The third kappa shape index (κ3) is 67.1. The number of phosphoric acid groups is 1. The SMILES string of the molecule is CC/C=C\C/C=C\C/C=C\C/C=C\CCCCCCCCCCCCCCCCC(=O)OC(COC(=O)CCCCCCCCCCCCCCCCCCCCCCCCCCCCCCCCC)COP(=O)(O)OCC[N+](C)(C)C. The summed E-state index contributed by atoms with van der Waals surface area (Å²) in [6.45, 7) is 4.39. The van der Waals surface area contributed by atoms with Crippen molar-refractivity contribution in [1.29, 1.82) is 0 Å². The molecule has 0 heterocycles. The lowest BCUT2D eigenvalue weighted by molar-refractivity contribution is -0.870. The van der Waals surface area contributed by atoms with E-state index in [0.29, 0.717) is 23.9 Å². The fourth-order valence-electron chi connectivity index (χ4n) is 10.5. The lowest BCUT2D eigenvalue weighted by Crippen LogP contribution is -2.37. The third-order valence-electron chi connectivity index (χ3n) is 15.9. The van der Waals surface area contributed by atoms with Gasteiger partial charge in [0.05, 0.1) is 27.7 Å². The minimum Gasteiger partial charge on any atom is -0.462 e. The molecule has 0 rings (SSSR count). The second-order valence-corrected chi connectivity index (χ2v) is 26.7. The van der Waals surface area contributed by atoms with Crippen molar-refractivity contribution in [1.82, 2.24) is 0 Å². The zero-order valence-corrected chi connectivity index (χ0v) is 55.9. The molecule has 0 bridgehead atoms. The van der Waals surface area contributed by atoms with Gasteiger partial charge in [0.2, 0.25) is 0 Å². The van der Waals surface area contributed by atoms with Crippen molar-refractivity contribution in [2.24, 2.45) is 0 Å². The van der Waals surface area contributed by atoms with Gasteiger partial charge in [-0.1, -0.05) is 332 Å². The number of quaternary nitrogens is 1. The Morgan fingerprint density at radius 2 is 0.695 bits per heavy atom. The summed E-state index contributed by atoms with van der Waals surface area (Å²) in [5.41, 5.74) is 0. The molecular formula is C72H137NO8P+. The first-order chi connectivity index (χ1) is 40.0. The molecule has 2 unspecified atom stereocenters. The van der Waals surface area contributed by atoms with Gasteiger partial charge in [-0.15, -0.1) is 0 Å². The van der Waals surface area contributed by atoms with Gasteiger partial charge in [-0.25, -0.2) is 4.57 Å². The summed E-state index contributed by atoms with van der Waals surface area (Å²) in [6.07, 6.45) is 82.3. The number of rotatable bonds is 66. The molecule has 0 radical (unpaired) electrons. The van der Waals surface area contributed by atoms with Crippen molar-refractivity contribution in [2.75, 3.05) is 47.5 Å². The number of hydrogen-bond acceptors (Lipinski definition) is 7. The van der Waals surface area contributed by atoms with Crippen LogP contribution in [0.15, 0.2) is 48.6 Å². The van der Waals surface area contributed by atoms with Gasteiger partial charge in [-0.05, 0) is 51.4 Å². The zero-order valence-electron chi connectivity index (χ0n) is 55.0. The van der Waals surface area contributed by atoms with Crippen LogP contribution in [-0.2, 0) is 32.7 Å². The number of likely N-dealkylation sites (N-methyl/N-ethyl adjacent to an activating group) is 1. The first kappa shape index (κ1) is 80.0. The first-order valence-corrected chi connectivity index (χ1v) is 36.9. The van der Waals surface area contributed by atoms with E-state index in [4.69, 9.17) is 18.5 Å². The molecule has 0 aliphatic heterocycles. The van der Waals surface area contributed by atoms with Crippen LogP contribution in [-0.4, -0.2) is 74.9 Å². The average Bonchev–Trinajstić information content (AvgIpc) is 3.46. The molecule has 482 valence electrons. The Labute approximate surface area is 509 Å². The normalized spacial score (nSPS) is 13.4. The van der Waals surface area contributed by atoms with Gasteiger partial charge in [0.15, 0.2) is 6.10 Å². The maximum Gasteiger partial charge on any atom is 0.472 e. The van der Waals surface area contributed by atoms with E-state index < -0.39 is 26.5 Å². The predicted octanol–water partition coefficient (Wildman–Crippen LogP) is 22.8.